The van der Waals surface area contributed by atoms with Gasteiger partial charge in [-0.1, -0.05) is 18.2 Å². The molecule has 0 bridgehead atoms. The van der Waals surface area contributed by atoms with Crippen molar-refractivity contribution in [1.29, 1.82) is 0 Å². The van der Waals surface area contributed by atoms with E-state index in [0.29, 0.717) is 17.9 Å². The lowest BCUT2D eigenvalue weighted by atomic mass is 9.86. The van der Waals surface area contributed by atoms with E-state index >= 15 is 0 Å². The number of cyclic esters (lactones) is 1. The molecule has 7 heteroatoms. The largest absolute Gasteiger partial charge is 0.458 e. The first-order valence-electron chi connectivity index (χ1n) is 8.65. The number of esters is 1. The first kappa shape index (κ1) is 16.1. The van der Waals surface area contributed by atoms with Crippen LogP contribution in [0.4, 0.5) is 4.39 Å². The van der Waals surface area contributed by atoms with Crippen molar-refractivity contribution in [3.05, 3.63) is 63.4 Å². The fraction of sp³-hybridized carbons (Fsp3) is 0.250. The van der Waals surface area contributed by atoms with Gasteiger partial charge < -0.3 is 14.4 Å². The summed E-state index contributed by atoms with van der Waals surface area (Å²) in [7, 11) is 0. The number of hydrogen-bond acceptors (Lipinski definition) is 5. The van der Waals surface area contributed by atoms with Crippen molar-refractivity contribution in [2.24, 2.45) is 0 Å². The third kappa shape index (κ3) is 2.12. The van der Waals surface area contributed by atoms with Crippen molar-refractivity contribution in [3.63, 3.8) is 0 Å². The molecule has 0 saturated carbocycles. The summed E-state index contributed by atoms with van der Waals surface area (Å²) < 4.78 is 19.5. The van der Waals surface area contributed by atoms with Gasteiger partial charge in [-0.3, -0.25) is 9.18 Å². The maximum atomic E-state index is 13.0. The van der Waals surface area contributed by atoms with Gasteiger partial charge >= 0.3 is 5.97 Å². The second-order valence-electron chi connectivity index (χ2n) is 6.88. The van der Waals surface area contributed by atoms with Crippen molar-refractivity contribution in [3.8, 4) is 11.4 Å². The van der Waals surface area contributed by atoms with Crippen molar-refractivity contribution < 1.29 is 19.0 Å². The number of para-hydroxylation sites is 1. The molecule has 0 radical (unpaired) electrons. The van der Waals surface area contributed by atoms with Crippen LogP contribution in [0, 0.1) is 0 Å². The van der Waals surface area contributed by atoms with E-state index in [1.807, 2.05) is 30.3 Å². The summed E-state index contributed by atoms with van der Waals surface area (Å²) in [4.78, 5) is 29.8. The van der Waals surface area contributed by atoms with E-state index in [1.165, 1.54) is 0 Å². The van der Waals surface area contributed by atoms with Gasteiger partial charge in [0.15, 0.2) is 5.60 Å². The van der Waals surface area contributed by atoms with Crippen molar-refractivity contribution in [2.45, 2.75) is 25.2 Å². The topological polar surface area (TPSA) is 81.4 Å². The third-order valence-corrected chi connectivity index (χ3v) is 5.36. The van der Waals surface area contributed by atoms with E-state index in [1.54, 1.807) is 10.6 Å². The quantitative estimate of drug-likeness (QED) is 0.549. The maximum absolute atomic E-state index is 13.0. The normalized spacial score (nSPS) is 20.1. The Morgan fingerprint density at radius 2 is 2.07 bits per heavy atom. The Labute approximate surface area is 152 Å². The van der Waals surface area contributed by atoms with Gasteiger partial charge in [0.1, 0.15) is 6.61 Å². The minimum absolute atomic E-state index is 0.121. The summed E-state index contributed by atoms with van der Waals surface area (Å²) in [6.07, 6.45) is -0.459. The number of benzene rings is 1. The molecule has 4 heterocycles. The first-order valence-corrected chi connectivity index (χ1v) is 8.65. The van der Waals surface area contributed by atoms with Gasteiger partial charge in [-0.2, -0.15) is 0 Å². The van der Waals surface area contributed by atoms with Crippen molar-refractivity contribution in [1.82, 2.24) is 9.55 Å². The van der Waals surface area contributed by atoms with Gasteiger partial charge in [0.2, 0.25) is 0 Å². The lowest BCUT2D eigenvalue weighted by Crippen LogP contribution is -2.45. The number of alkyl halides is 1. The molecule has 0 aliphatic carbocycles. The predicted molar refractivity (Wildman–Crippen MR) is 94.8 cm³/mol. The van der Waals surface area contributed by atoms with Crippen molar-refractivity contribution >= 4 is 16.9 Å². The number of halogens is 1. The molecule has 136 valence electrons. The molecule has 1 N–H and O–H groups in total. The Hall–Kier alpha value is -3.06. The number of nitrogens with zero attached hydrogens (tertiary/aromatic N) is 2. The number of aliphatic hydroxyl groups is 1. The Morgan fingerprint density at radius 3 is 2.89 bits per heavy atom. The highest BCUT2D eigenvalue weighted by molar-refractivity contribution is 5.86. The highest BCUT2D eigenvalue weighted by atomic mass is 19.1. The zero-order valence-corrected chi connectivity index (χ0v) is 14.2. The molecule has 0 fully saturated rings. The lowest BCUT2D eigenvalue weighted by molar-refractivity contribution is -0.173. The van der Waals surface area contributed by atoms with Crippen LogP contribution in [0.5, 0.6) is 0 Å². The fourth-order valence-corrected chi connectivity index (χ4v) is 3.96. The number of fused-ring (bicyclic) bond motifs is 5. The summed E-state index contributed by atoms with van der Waals surface area (Å²) in [5.41, 5.74) is 0.622. The molecule has 1 atom stereocenters. The third-order valence-electron chi connectivity index (χ3n) is 5.36. The number of hydrogen-bond donors (Lipinski definition) is 1. The fourth-order valence-electron chi connectivity index (χ4n) is 3.96. The van der Waals surface area contributed by atoms with Crippen LogP contribution in [0.2, 0.25) is 0 Å². The van der Waals surface area contributed by atoms with Crippen LogP contribution in [-0.4, -0.2) is 27.3 Å². The molecule has 0 spiro atoms. The number of rotatable bonds is 2. The van der Waals surface area contributed by atoms with Crippen LogP contribution in [-0.2, 0) is 28.3 Å². The zero-order chi connectivity index (χ0) is 18.8. The van der Waals surface area contributed by atoms with Crippen LogP contribution in [0.25, 0.3) is 22.3 Å². The number of ether oxygens (including phenoxy) is 1. The molecule has 2 aliphatic heterocycles. The van der Waals surface area contributed by atoms with Crippen LogP contribution < -0.4 is 5.56 Å². The Balaban J connectivity index is 1.79. The molecular formula is C20H15FN2O4. The monoisotopic (exact) mass is 366 g/mol. The molecule has 5 rings (SSSR count). The highest BCUT2D eigenvalue weighted by Crippen LogP contribution is 2.38. The molecule has 0 saturated heterocycles. The summed E-state index contributed by atoms with van der Waals surface area (Å²) in [5, 5.41) is 11.8. The molecule has 6 nitrogen and oxygen atoms in total. The van der Waals surface area contributed by atoms with Gasteiger partial charge in [-0.15, -0.1) is 0 Å². The summed E-state index contributed by atoms with van der Waals surface area (Å²) in [5.74, 6) is -0.929. The average molecular weight is 366 g/mol. The van der Waals surface area contributed by atoms with Crippen LogP contribution >= 0.6 is 0 Å². The number of carbonyl (C=O) groups excluding carboxylic acids is 1. The summed E-state index contributed by atoms with van der Waals surface area (Å²) in [6, 6.07) is 11.2. The minimum Gasteiger partial charge on any atom is -0.458 e. The van der Waals surface area contributed by atoms with Crippen LogP contribution in [0.15, 0.2) is 41.2 Å². The van der Waals surface area contributed by atoms with Gasteiger partial charge in [-0.25, -0.2) is 9.78 Å². The average Bonchev–Trinajstić information content (AvgIpc) is 3.02. The number of aromatic nitrogens is 2. The SMILES string of the molecule is O=C1OCc2c(cc3n(c2=O)Cc2cc4ccccc4nc2-3)[C@@]1(O)CCF. The van der Waals surface area contributed by atoms with Gasteiger partial charge in [-0.05, 0) is 18.2 Å². The Morgan fingerprint density at radius 1 is 1.26 bits per heavy atom. The first-order chi connectivity index (χ1) is 13.0. The van der Waals surface area contributed by atoms with E-state index in [-0.39, 0.29) is 23.3 Å². The molecule has 0 amide bonds. The van der Waals surface area contributed by atoms with Crippen molar-refractivity contribution in [2.75, 3.05) is 6.67 Å². The molecule has 1 aromatic carbocycles. The highest BCUT2D eigenvalue weighted by Gasteiger charge is 2.46. The van der Waals surface area contributed by atoms with E-state index in [9.17, 15) is 19.1 Å². The van der Waals surface area contributed by atoms with E-state index in [2.05, 4.69) is 4.98 Å². The number of carbonyl (C=O) groups is 1. The molecule has 2 aromatic heterocycles. The Bertz CT molecular complexity index is 1190. The number of pyridine rings is 2. The minimum atomic E-state index is -2.16. The summed E-state index contributed by atoms with van der Waals surface area (Å²) in [6.45, 7) is -0.791. The standard InChI is InChI=1S/C20H15FN2O4/c21-6-5-20(26)14-8-16-17-12(7-11-3-1-2-4-15(11)22-17)9-23(16)18(24)13(14)10-27-19(20)25/h1-4,7-8,26H,5-6,9-10H2/t20-/m0/s1. The van der Waals surface area contributed by atoms with Gasteiger partial charge in [0.25, 0.3) is 5.56 Å². The second-order valence-corrected chi connectivity index (χ2v) is 6.88. The summed E-state index contributed by atoms with van der Waals surface area (Å²) >= 11 is 0. The molecule has 27 heavy (non-hydrogen) atoms. The van der Waals surface area contributed by atoms with Gasteiger partial charge in [0, 0.05) is 22.9 Å². The zero-order valence-electron chi connectivity index (χ0n) is 14.2. The molecule has 0 unspecified atom stereocenters. The van der Waals surface area contributed by atoms with E-state index in [0.717, 1.165) is 16.5 Å². The predicted octanol–water partition coefficient (Wildman–Crippen LogP) is 2.03. The second kappa shape index (κ2) is 5.47. The van der Waals surface area contributed by atoms with E-state index < -0.39 is 24.7 Å². The van der Waals surface area contributed by atoms with Crippen LogP contribution in [0.3, 0.4) is 0 Å². The smallest absolute Gasteiger partial charge is 0.343 e. The lowest BCUT2D eigenvalue weighted by Gasteiger charge is -2.31. The molecular weight excluding hydrogens is 351 g/mol. The Kier molecular flexibility index (Phi) is 3.27. The van der Waals surface area contributed by atoms with Gasteiger partial charge in [0.05, 0.1) is 35.7 Å². The molecule has 2 aliphatic rings. The van der Waals surface area contributed by atoms with Crippen LogP contribution in [0.1, 0.15) is 23.1 Å². The molecule has 3 aromatic rings. The maximum Gasteiger partial charge on any atom is 0.343 e. The van der Waals surface area contributed by atoms with E-state index in [4.69, 9.17) is 4.74 Å².